The average Bonchev–Trinajstić information content (AvgIpc) is 2.18. The number of morpholine rings is 1. The van der Waals surface area contributed by atoms with Gasteiger partial charge in [0.15, 0.2) is 0 Å². The van der Waals surface area contributed by atoms with Crippen LogP contribution in [0.4, 0.5) is 0 Å². The molecule has 0 atom stereocenters. The van der Waals surface area contributed by atoms with E-state index in [1.807, 2.05) is 0 Å². The first kappa shape index (κ1) is 8.74. The Morgan fingerprint density at radius 2 is 2.43 bits per heavy atom. The molecule has 6 nitrogen and oxygen atoms in total. The van der Waals surface area contributed by atoms with Crippen LogP contribution in [0.25, 0.3) is 0 Å². The third-order valence-corrected chi connectivity index (χ3v) is 2.03. The molecule has 2 aliphatic rings. The molecule has 1 fully saturated rings. The summed E-state index contributed by atoms with van der Waals surface area (Å²) < 4.78 is 4.74. The normalized spacial score (nSPS) is 20.6. The number of aliphatic imine (C=N–C) groups is 1. The molecule has 0 bridgehead atoms. The van der Waals surface area contributed by atoms with Crippen molar-refractivity contribution in [3.05, 3.63) is 11.8 Å². The Morgan fingerprint density at radius 3 is 3.14 bits per heavy atom. The van der Waals surface area contributed by atoms with Crippen LogP contribution in [0, 0.1) is 0 Å². The fraction of sp³-hybridized carbons (Fsp3) is 0.375. The Hall–Kier alpha value is -1.85. The molecule has 1 saturated heterocycles. The first-order chi connectivity index (χ1) is 6.68. The van der Waals surface area contributed by atoms with E-state index in [2.05, 4.69) is 4.99 Å². The summed E-state index contributed by atoms with van der Waals surface area (Å²) in [6.45, 7) is 1.29. The summed E-state index contributed by atoms with van der Waals surface area (Å²) in [7, 11) is 0. The maximum atomic E-state index is 11.2. The predicted molar refractivity (Wildman–Crippen MR) is 45.7 cm³/mol. The summed E-state index contributed by atoms with van der Waals surface area (Å²) in [6.07, 6.45) is 1.48. The van der Waals surface area contributed by atoms with Gasteiger partial charge in [-0.3, -0.25) is 0 Å². The lowest BCUT2D eigenvalue weighted by Gasteiger charge is -2.29. The van der Waals surface area contributed by atoms with Gasteiger partial charge in [-0.25, -0.2) is 14.6 Å². The molecule has 2 heterocycles. The minimum Gasteiger partial charge on any atom is -0.477 e. The molecule has 0 aromatic heterocycles. The Balaban J connectivity index is 2.29. The van der Waals surface area contributed by atoms with Gasteiger partial charge in [0.1, 0.15) is 12.3 Å². The van der Waals surface area contributed by atoms with Crippen molar-refractivity contribution in [1.82, 2.24) is 4.90 Å². The molecule has 2 aliphatic heterocycles. The van der Waals surface area contributed by atoms with Crippen LogP contribution in [0.2, 0.25) is 0 Å². The lowest BCUT2D eigenvalue weighted by Crippen LogP contribution is -2.46. The fourth-order valence-corrected chi connectivity index (χ4v) is 1.33. The number of hydrogen-bond acceptors (Lipinski definition) is 5. The van der Waals surface area contributed by atoms with E-state index in [9.17, 15) is 9.59 Å². The number of ether oxygens (including phenoxy) is 1. The molecule has 0 amide bonds. The van der Waals surface area contributed by atoms with Crippen LogP contribution in [0.1, 0.15) is 0 Å². The van der Waals surface area contributed by atoms with Gasteiger partial charge >= 0.3 is 11.9 Å². The zero-order valence-corrected chi connectivity index (χ0v) is 7.27. The number of rotatable bonds is 1. The third-order valence-electron chi connectivity index (χ3n) is 2.03. The van der Waals surface area contributed by atoms with Crippen molar-refractivity contribution in [1.29, 1.82) is 0 Å². The maximum absolute atomic E-state index is 11.2. The molecule has 0 aliphatic carbocycles. The summed E-state index contributed by atoms with van der Waals surface area (Å²) >= 11 is 0. The topological polar surface area (TPSA) is 79.2 Å². The van der Waals surface area contributed by atoms with Crippen molar-refractivity contribution < 1.29 is 19.4 Å². The molecule has 74 valence electrons. The molecular formula is C8H8N2O4. The van der Waals surface area contributed by atoms with Crippen molar-refractivity contribution in [2.24, 2.45) is 4.99 Å². The van der Waals surface area contributed by atoms with Gasteiger partial charge in [-0.1, -0.05) is 0 Å². The van der Waals surface area contributed by atoms with Crippen LogP contribution in [-0.4, -0.2) is 47.5 Å². The second-order valence-electron chi connectivity index (χ2n) is 2.91. The SMILES string of the molecule is O=C(O)C1=CCN2CCOC(=O)C2=N1. The zero-order valence-electron chi connectivity index (χ0n) is 7.27. The van der Waals surface area contributed by atoms with Gasteiger partial charge in [0.25, 0.3) is 0 Å². The van der Waals surface area contributed by atoms with E-state index >= 15 is 0 Å². The molecule has 2 rings (SSSR count). The van der Waals surface area contributed by atoms with Gasteiger partial charge in [-0.2, -0.15) is 0 Å². The largest absolute Gasteiger partial charge is 0.477 e. The monoisotopic (exact) mass is 196 g/mol. The minimum atomic E-state index is -1.13. The lowest BCUT2D eigenvalue weighted by molar-refractivity contribution is -0.138. The number of cyclic esters (lactones) is 1. The van der Waals surface area contributed by atoms with E-state index < -0.39 is 11.9 Å². The van der Waals surface area contributed by atoms with E-state index in [1.165, 1.54) is 6.08 Å². The predicted octanol–water partition coefficient (Wildman–Crippen LogP) is -0.774. The van der Waals surface area contributed by atoms with Crippen molar-refractivity contribution in [3.8, 4) is 0 Å². The van der Waals surface area contributed by atoms with Crippen molar-refractivity contribution in [2.45, 2.75) is 0 Å². The third kappa shape index (κ3) is 1.34. The van der Waals surface area contributed by atoms with E-state index in [-0.39, 0.29) is 11.5 Å². The molecule has 0 radical (unpaired) electrons. The smallest absolute Gasteiger partial charge is 0.374 e. The summed E-state index contributed by atoms with van der Waals surface area (Å²) in [5.41, 5.74) is -0.102. The number of fused-ring (bicyclic) bond motifs is 1. The number of hydrogen-bond donors (Lipinski definition) is 1. The highest BCUT2D eigenvalue weighted by molar-refractivity contribution is 6.36. The van der Waals surface area contributed by atoms with Gasteiger partial charge < -0.3 is 14.7 Å². The molecule has 0 aromatic rings. The summed E-state index contributed by atoms with van der Waals surface area (Å²) in [4.78, 5) is 27.2. The zero-order chi connectivity index (χ0) is 10.1. The molecule has 0 saturated carbocycles. The highest BCUT2D eigenvalue weighted by Gasteiger charge is 2.29. The van der Waals surface area contributed by atoms with Gasteiger partial charge in [-0.05, 0) is 6.08 Å². The number of esters is 1. The van der Waals surface area contributed by atoms with Gasteiger partial charge in [-0.15, -0.1) is 0 Å². The van der Waals surface area contributed by atoms with Crippen LogP contribution >= 0.6 is 0 Å². The van der Waals surface area contributed by atoms with E-state index in [0.717, 1.165) is 0 Å². The van der Waals surface area contributed by atoms with Crippen molar-refractivity contribution in [3.63, 3.8) is 0 Å². The molecule has 6 heteroatoms. The number of aliphatic carboxylic acids is 1. The van der Waals surface area contributed by atoms with E-state index in [4.69, 9.17) is 9.84 Å². The van der Waals surface area contributed by atoms with Gasteiger partial charge in [0.05, 0.1) is 6.54 Å². The van der Waals surface area contributed by atoms with Crippen LogP contribution in [-0.2, 0) is 14.3 Å². The van der Waals surface area contributed by atoms with Crippen LogP contribution < -0.4 is 0 Å². The Kier molecular flexibility index (Phi) is 1.95. The van der Waals surface area contributed by atoms with Gasteiger partial charge in [0.2, 0.25) is 5.84 Å². The number of carboxylic acid groups (broad SMARTS) is 1. The molecule has 0 spiro atoms. The number of carbonyl (C=O) groups excluding carboxylic acids is 1. The average molecular weight is 196 g/mol. The summed E-state index contributed by atoms with van der Waals surface area (Å²) in [5, 5.41) is 8.67. The minimum absolute atomic E-state index is 0.0937. The van der Waals surface area contributed by atoms with E-state index in [1.54, 1.807) is 4.90 Å². The van der Waals surface area contributed by atoms with Crippen LogP contribution in [0.15, 0.2) is 16.8 Å². The highest BCUT2D eigenvalue weighted by atomic mass is 16.5. The maximum Gasteiger partial charge on any atom is 0.374 e. The summed E-state index contributed by atoms with van der Waals surface area (Å²) in [6, 6.07) is 0. The summed E-state index contributed by atoms with van der Waals surface area (Å²) in [5.74, 6) is -1.59. The molecule has 0 aromatic carbocycles. The van der Waals surface area contributed by atoms with Crippen LogP contribution in [0.3, 0.4) is 0 Å². The highest BCUT2D eigenvalue weighted by Crippen LogP contribution is 2.12. The quantitative estimate of drug-likeness (QED) is 0.557. The number of carbonyl (C=O) groups is 2. The van der Waals surface area contributed by atoms with Crippen molar-refractivity contribution >= 4 is 17.8 Å². The Morgan fingerprint density at radius 1 is 1.64 bits per heavy atom. The Bertz CT molecular complexity index is 358. The number of nitrogens with zero attached hydrogens (tertiary/aromatic N) is 2. The van der Waals surface area contributed by atoms with Gasteiger partial charge in [0, 0.05) is 6.54 Å². The molecule has 1 N–H and O–H groups in total. The fourth-order valence-electron chi connectivity index (χ4n) is 1.33. The Labute approximate surface area is 79.5 Å². The number of amidine groups is 1. The first-order valence-electron chi connectivity index (χ1n) is 4.12. The molecular weight excluding hydrogens is 188 g/mol. The number of carboxylic acids is 1. The molecule has 0 unspecified atom stereocenters. The van der Waals surface area contributed by atoms with E-state index in [0.29, 0.717) is 19.7 Å². The van der Waals surface area contributed by atoms with Crippen molar-refractivity contribution in [2.75, 3.05) is 19.7 Å². The first-order valence-corrected chi connectivity index (χ1v) is 4.12. The second kappa shape index (κ2) is 3.13. The second-order valence-corrected chi connectivity index (χ2v) is 2.91. The standard InChI is InChI=1S/C8H8N2O4/c11-7(12)5-1-2-10-3-4-14-8(13)6(10)9-5/h1H,2-4H2,(H,11,12). The lowest BCUT2D eigenvalue weighted by atomic mass is 10.3. The molecule has 14 heavy (non-hydrogen) atoms. The van der Waals surface area contributed by atoms with Crippen LogP contribution in [0.5, 0.6) is 0 Å².